The Bertz CT molecular complexity index is 362. The fourth-order valence-corrected chi connectivity index (χ4v) is 2.86. The summed E-state index contributed by atoms with van der Waals surface area (Å²) in [7, 11) is 2.04. The van der Waals surface area contributed by atoms with Gasteiger partial charge in [0.05, 0.1) is 18.4 Å². The number of hydrogen-bond acceptors (Lipinski definition) is 5. The molecule has 0 amide bonds. The monoisotopic (exact) mass is 239 g/mol. The van der Waals surface area contributed by atoms with Crippen LogP contribution < -0.4 is 5.73 Å². The summed E-state index contributed by atoms with van der Waals surface area (Å²) in [4.78, 5) is 13.7. The number of aliphatic imine (C=N–C) groups is 1. The molecule has 0 bridgehead atoms. The zero-order valence-corrected chi connectivity index (χ0v) is 10.2. The van der Waals surface area contributed by atoms with Gasteiger partial charge in [0.15, 0.2) is 5.82 Å². The first-order valence-corrected chi connectivity index (χ1v) is 6.49. The molecule has 0 radical (unpaired) electrons. The lowest BCUT2D eigenvalue weighted by Gasteiger charge is -2.27. The van der Waals surface area contributed by atoms with E-state index in [1.54, 1.807) is 6.33 Å². The number of nitrogens with one attached hydrogen (secondary N) is 1. The van der Waals surface area contributed by atoms with E-state index >= 15 is 0 Å². The summed E-state index contributed by atoms with van der Waals surface area (Å²) in [6.45, 7) is 0.776. The lowest BCUT2D eigenvalue weighted by molar-refractivity contribution is 0.487. The van der Waals surface area contributed by atoms with Crippen molar-refractivity contribution in [2.75, 3.05) is 19.3 Å². The molecule has 2 heterocycles. The van der Waals surface area contributed by atoms with E-state index in [-0.39, 0.29) is 0 Å². The first-order chi connectivity index (χ1) is 7.83. The predicted molar refractivity (Wildman–Crippen MR) is 68.0 cm³/mol. The first-order valence-electron chi connectivity index (χ1n) is 5.44. The van der Waals surface area contributed by atoms with Crippen molar-refractivity contribution in [1.29, 1.82) is 0 Å². The number of aromatic nitrogens is 2. The molecule has 1 aromatic heterocycles. The van der Waals surface area contributed by atoms with Gasteiger partial charge in [-0.2, -0.15) is 0 Å². The maximum atomic E-state index is 5.48. The molecular weight excluding hydrogens is 222 g/mol. The molecular formula is C10H17N5S. The second-order valence-electron chi connectivity index (χ2n) is 3.77. The summed E-state index contributed by atoms with van der Waals surface area (Å²) in [6.07, 6.45) is 5.79. The van der Waals surface area contributed by atoms with Crippen molar-refractivity contribution in [1.82, 2.24) is 14.9 Å². The first kappa shape index (κ1) is 11.5. The van der Waals surface area contributed by atoms with Crippen LogP contribution in [0, 0.1) is 0 Å². The van der Waals surface area contributed by atoms with Crippen LogP contribution in [0.2, 0.25) is 0 Å². The third-order valence-electron chi connectivity index (χ3n) is 2.50. The number of imidazole rings is 1. The molecule has 1 aliphatic rings. The molecule has 0 saturated carbocycles. The normalized spacial score (nSPS) is 18.9. The van der Waals surface area contributed by atoms with Gasteiger partial charge in [0.25, 0.3) is 0 Å². The van der Waals surface area contributed by atoms with Gasteiger partial charge in [-0.3, -0.25) is 0 Å². The predicted octanol–water partition coefficient (Wildman–Crippen LogP) is 1.49. The lowest BCUT2D eigenvalue weighted by Crippen LogP contribution is -2.24. The van der Waals surface area contributed by atoms with Gasteiger partial charge in [-0.15, -0.1) is 11.8 Å². The molecule has 0 spiro atoms. The highest BCUT2D eigenvalue weighted by atomic mass is 32.2. The molecule has 16 heavy (non-hydrogen) atoms. The van der Waals surface area contributed by atoms with E-state index < -0.39 is 0 Å². The highest BCUT2D eigenvalue weighted by molar-refractivity contribution is 7.99. The molecule has 88 valence electrons. The topological polar surface area (TPSA) is 70.3 Å². The second-order valence-corrected chi connectivity index (χ2v) is 4.96. The number of aromatic amines is 1. The van der Waals surface area contributed by atoms with Gasteiger partial charge in [-0.05, 0) is 25.1 Å². The van der Waals surface area contributed by atoms with Gasteiger partial charge >= 0.3 is 0 Å². The molecule has 1 aliphatic heterocycles. The van der Waals surface area contributed by atoms with E-state index in [1.165, 1.54) is 0 Å². The van der Waals surface area contributed by atoms with Crippen molar-refractivity contribution in [3.63, 3.8) is 0 Å². The van der Waals surface area contributed by atoms with Crippen LogP contribution in [0.15, 0.2) is 11.3 Å². The highest BCUT2D eigenvalue weighted by Gasteiger charge is 2.24. The smallest absolute Gasteiger partial charge is 0.177 e. The molecule has 0 fully saturated rings. The van der Waals surface area contributed by atoms with Crippen LogP contribution in [-0.2, 0) is 0 Å². The third-order valence-corrected chi connectivity index (χ3v) is 3.91. The Morgan fingerprint density at radius 3 is 3.25 bits per heavy atom. The highest BCUT2D eigenvalue weighted by Crippen LogP contribution is 2.37. The summed E-state index contributed by atoms with van der Waals surface area (Å²) >= 11 is 1.90. The van der Waals surface area contributed by atoms with Gasteiger partial charge in [0.2, 0.25) is 0 Å². The molecule has 0 saturated heterocycles. The van der Waals surface area contributed by atoms with E-state index in [0.717, 1.165) is 36.7 Å². The fraction of sp³-hybridized carbons (Fsp3) is 0.600. The molecule has 2 rings (SSSR count). The van der Waals surface area contributed by atoms with Crippen LogP contribution >= 0.6 is 11.8 Å². The maximum Gasteiger partial charge on any atom is 0.177 e. The quantitative estimate of drug-likeness (QED) is 0.764. The minimum Gasteiger partial charge on any atom is -0.348 e. The average Bonchev–Trinajstić information content (AvgIpc) is 2.75. The van der Waals surface area contributed by atoms with Gasteiger partial charge in [0.1, 0.15) is 5.37 Å². The standard InChI is InChI=1S/C10H17N5S/c1-15-7-14-9-8(12-6-13-9)10(15)16-5-3-2-4-11/h6-7,10H,2-5,11H2,1H3,(H,12,13). The van der Waals surface area contributed by atoms with Gasteiger partial charge in [-0.25, -0.2) is 9.98 Å². The maximum absolute atomic E-state index is 5.48. The zero-order valence-electron chi connectivity index (χ0n) is 9.39. The zero-order chi connectivity index (χ0) is 11.4. The molecule has 0 aromatic carbocycles. The van der Waals surface area contributed by atoms with Gasteiger partial charge in [0, 0.05) is 7.05 Å². The molecule has 6 heteroatoms. The molecule has 1 unspecified atom stereocenters. The SMILES string of the molecule is CN1C=Nc2nc[nH]c2C1SCCCCN. The number of rotatable bonds is 5. The van der Waals surface area contributed by atoms with Crippen LogP contribution in [0.3, 0.4) is 0 Å². The van der Waals surface area contributed by atoms with Crippen LogP contribution in [-0.4, -0.2) is 40.6 Å². The van der Waals surface area contributed by atoms with E-state index in [2.05, 4.69) is 19.9 Å². The fourth-order valence-electron chi connectivity index (χ4n) is 1.63. The van der Waals surface area contributed by atoms with E-state index in [9.17, 15) is 0 Å². The van der Waals surface area contributed by atoms with E-state index in [4.69, 9.17) is 5.73 Å². The summed E-state index contributed by atoms with van der Waals surface area (Å²) in [5.41, 5.74) is 6.58. The number of fused-ring (bicyclic) bond motifs is 1. The van der Waals surface area contributed by atoms with Gasteiger partial charge < -0.3 is 15.6 Å². The third kappa shape index (κ3) is 2.38. The number of H-pyrrole nitrogens is 1. The van der Waals surface area contributed by atoms with Crippen molar-refractivity contribution >= 4 is 23.9 Å². The number of hydrogen-bond donors (Lipinski definition) is 2. The summed E-state index contributed by atoms with van der Waals surface area (Å²) in [5, 5.41) is 0.299. The number of thioether (sulfide) groups is 1. The summed E-state index contributed by atoms with van der Waals surface area (Å²) in [6, 6.07) is 0. The van der Waals surface area contributed by atoms with Crippen LogP contribution in [0.4, 0.5) is 5.82 Å². The average molecular weight is 239 g/mol. The lowest BCUT2D eigenvalue weighted by atomic mass is 10.3. The Kier molecular flexibility index (Phi) is 3.84. The second kappa shape index (κ2) is 5.36. The summed E-state index contributed by atoms with van der Waals surface area (Å²) in [5.74, 6) is 1.92. The van der Waals surface area contributed by atoms with Crippen molar-refractivity contribution in [3.8, 4) is 0 Å². The summed E-state index contributed by atoms with van der Waals surface area (Å²) < 4.78 is 0. The Morgan fingerprint density at radius 1 is 1.56 bits per heavy atom. The molecule has 1 aromatic rings. The minimum atomic E-state index is 0.299. The Labute approximate surface area is 99.5 Å². The Hall–Kier alpha value is -1.01. The van der Waals surface area contributed by atoms with Crippen molar-refractivity contribution in [3.05, 3.63) is 12.0 Å². The molecule has 5 nitrogen and oxygen atoms in total. The Morgan fingerprint density at radius 2 is 2.44 bits per heavy atom. The van der Waals surface area contributed by atoms with Crippen molar-refractivity contribution in [2.24, 2.45) is 10.7 Å². The van der Waals surface area contributed by atoms with Crippen LogP contribution in [0.1, 0.15) is 23.9 Å². The van der Waals surface area contributed by atoms with Crippen LogP contribution in [0.25, 0.3) is 0 Å². The number of nitrogens with two attached hydrogens (primary N) is 1. The number of nitrogens with zero attached hydrogens (tertiary/aromatic N) is 3. The van der Waals surface area contributed by atoms with Crippen LogP contribution in [0.5, 0.6) is 0 Å². The number of unbranched alkanes of at least 4 members (excludes halogenated alkanes) is 1. The largest absolute Gasteiger partial charge is 0.348 e. The van der Waals surface area contributed by atoms with Crippen molar-refractivity contribution in [2.45, 2.75) is 18.2 Å². The minimum absolute atomic E-state index is 0.299. The molecule has 3 N–H and O–H groups in total. The molecule has 1 atom stereocenters. The van der Waals surface area contributed by atoms with E-state index in [1.807, 2.05) is 25.1 Å². The Balaban J connectivity index is 1.96. The molecule has 0 aliphatic carbocycles. The van der Waals surface area contributed by atoms with Gasteiger partial charge in [-0.1, -0.05) is 0 Å². The van der Waals surface area contributed by atoms with Crippen molar-refractivity contribution < 1.29 is 0 Å². The van der Waals surface area contributed by atoms with E-state index in [0.29, 0.717) is 5.37 Å².